The SMILES string of the molecule is CCC(NCCNC(C)(C)C)c1ccccc1. The van der Waals surface area contributed by atoms with Crippen molar-refractivity contribution in [2.45, 2.75) is 45.7 Å². The second-order valence-electron chi connectivity index (χ2n) is 5.50. The van der Waals surface area contributed by atoms with E-state index in [-0.39, 0.29) is 5.54 Å². The molecule has 0 aliphatic carbocycles. The van der Waals surface area contributed by atoms with Gasteiger partial charge in [-0.3, -0.25) is 0 Å². The van der Waals surface area contributed by atoms with Gasteiger partial charge in [0.25, 0.3) is 0 Å². The third-order valence-electron chi connectivity index (χ3n) is 2.78. The van der Waals surface area contributed by atoms with Gasteiger partial charge in [0.1, 0.15) is 0 Å². The number of hydrogen-bond acceptors (Lipinski definition) is 2. The van der Waals surface area contributed by atoms with Gasteiger partial charge in [0.15, 0.2) is 0 Å². The highest BCUT2D eigenvalue weighted by molar-refractivity contribution is 5.18. The smallest absolute Gasteiger partial charge is 0.0318 e. The molecule has 0 fully saturated rings. The van der Waals surface area contributed by atoms with E-state index >= 15 is 0 Å². The molecule has 96 valence electrons. The molecule has 0 aliphatic heterocycles. The van der Waals surface area contributed by atoms with Crippen LogP contribution in [0.25, 0.3) is 0 Å². The molecule has 1 unspecified atom stereocenters. The van der Waals surface area contributed by atoms with E-state index in [1.807, 2.05) is 0 Å². The largest absolute Gasteiger partial charge is 0.311 e. The Bertz CT molecular complexity index is 300. The van der Waals surface area contributed by atoms with Gasteiger partial charge in [-0.25, -0.2) is 0 Å². The lowest BCUT2D eigenvalue weighted by Crippen LogP contribution is -2.40. The van der Waals surface area contributed by atoms with Crippen LogP contribution < -0.4 is 10.6 Å². The minimum atomic E-state index is 0.205. The number of benzene rings is 1. The molecule has 0 amide bonds. The van der Waals surface area contributed by atoms with Gasteiger partial charge >= 0.3 is 0 Å². The van der Waals surface area contributed by atoms with Gasteiger partial charge in [-0.1, -0.05) is 37.3 Å². The zero-order chi connectivity index (χ0) is 12.7. The number of hydrogen-bond donors (Lipinski definition) is 2. The van der Waals surface area contributed by atoms with Crippen LogP contribution in [0.1, 0.15) is 45.7 Å². The fourth-order valence-corrected chi connectivity index (χ4v) is 1.87. The molecule has 1 aromatic rings. The van der Waals surface area contributed by atoms with Gasteiger partial charge in [0.2, 0.25) is 0 Å². The second kappa shape index (κ2) is 6.77. The third kappa shape index (κ3) is 5.85. The highest BCUT2D eigenvalue weighted by Crippen LogP contribution is 2.15. The fourth-order valence-electron chi connectivity index (χ4n) is 1.87. The van der Waals surface area contributed by atoms with Crippen LogP contribution in [0.4, 0.5) is 0 Å². The Labute approximate surface area is 106 Å². The molecule has 0 bridgehead atoms. The van der Waals surface area contributed by atoms with Crippen LogP contribution in [-0.4, -0.2) is 18.6 Å². The van der Waals surface area contributed by atoms with Crippen molar-refractivity contribution in [2.75, 3.05) is 13.1 Å². The quantitative estimate of drug-likeness (QED) is 0.739. The van der Waals surface area contributed by atoms with Gasteiger partial charge in [-0.2, -0.15) is 0 Å². The Kier molecular flexibility index (Phi) is 5.66. The Morgan fingerprint density at radius 1 is 1.06 bits per heavy atom. The molecule has 1 rings (SSSR count). The van der Waals surface area contributed by atoms with E-state index < -0.39 is 0 Å². The maximum Gasteiger partial charge on any atom is 0.0318 e. The summed E-state index contributed by atoms with van der Waals surface area (Å²) in [5, 5.41) is 7.09. The molecule has 0 aliphatic rings. The molecule has 0 saturated heterocycles. The molecule has 2 N–H and O–H groups in total. The lowest BCUT2D eigenvalue weighted by Gasteiger charge is -2.22. The van der Waals surface area contributed by atoms with Crippen molar-refractivity contribution in [1.29, 1.82) is 0 Å². The molecule has 2 heteroatoms. The lowest BCUT2D eigenvalue weighted by atomic mass is 10.0. The molecule has 0 saturated carbocycles. The maximum absolute atomic E-state index is 3.60. The van der Waals surface area contributed by atoms with E-state index in [9.17, 15) is 0 Å². The van der Waals surface area contributed by atoms with Crippen LogP contribution in [0.3, 0.4) is 0 Å². The van der Waals surface area contributed by atoms with Crippen molar-refractivity contribution in [3.63, 3.8) is 0 Å². The molecule has 1 atom stereocenters. The fraction of sp³-hybridized carbons (Fsp3) is 0.600. The van der Waals surface area contributed by atoms with Gasteiger partial charge in [0, 0.05) is 24.7 Å². The Morgan fingerprint density at radius 3 is 2.24 bits per heavy atom. The van der Waals surface area contributed by atoms with Crippen LogP contribution in [0.2, 0.25) is 0 Å². The van der Waals surface area contributed by atoms with Crippen molar-refractivity contribution >= 4 is 0 Å². The molecular weight excluding hydrogens is 208 g/mol. The summed E-state index contributed by atoms with van der Waals surface area (Å²) in [6, 6.07) is 11.1. The van der Waals surface area contributed by atoms with Crippen LogP contribution in [0.15, 0.2) is 30.3 Å². The van der Waals surface area contributed by atoms with Gasteiger partial charge in [0.05, 0.1) is 0 Å². The van der Waals surface area contributed by atoms with E-state index in [1.165, 1.54) is 5.56 Å². The van der Waals surface area contributed by atoms with Crippen molar-refractivity contribution in [2.24, 2.45) is 0 Å². The molecule has 1 aromatic carbocycles. The van der Waals surface area contributed by atoms with Gasteiger partial charge in [-0.05, 0) is 32.8 Å². The minimum Gasteiger partial charge on any atom is -0.311 e. The number of rotatable bonds is 6. The van der Waals surface area contributed by atoms with E-state index in [2.05, 4.69) is 68.7 Å². The molecular formula is C15H26N2. The molecule has 0 heterocycles. The summed E-state index contributed by atoms with van der Waals surface area (Å²) in [5.41, 5.74) is 1.58. The van der Waals surface area contributed by atoms with Crippen LogP contribution in [0, 0.1) is 0 Å². The predicted molar refractivity (Wildman–Crippen MR) is 75.2 cm³/mol. The minimum absolute atomic E-state index is 0.205. The topological polar surface area (TPSA) is 24.1 Å². The zero-order valence-corrected chi connectivity index (χ0v) is 11.6. The average Bonchev–Trinajstić information content (AvgIpc) is 2.29. The van der Waals surface area contributed by atoms with E-state index in [1.54, 1.807) is 0 Å². The summed E-state index contributed by atoms with van der Waals surface area (Å²) in [6.07, 6.45) is 1.12. The first kappa shape index (κ1) is 14.2. The maximum atomic E-state index is 3.60. The highest BCUT2D eigenvalue weighted by Gasteiger charge is 2.10. The summed E-state index contributed by atoms with van der Waals surface area (Å²) >= 11 is 0. The van der Waals surface area contributed by atoms with Gasteiger partial charge < -0.3 is 10.6 Å². The highest BCUT2D eigenvalue weighted by atomic mass is 15.0. The van der Waals surface area contributed by atoms with Crippen molar-refractivity contribution in [1.82, 2.24) is 10.6 Å². The van der Waals surface area contributed by atoms with Gasteiger partial charge in [-0.15, -0.1) is 0 Å². The molecule has 17 heavy (non-hydrogen) atoms. The summed E-state index contributed by atoms with van der Waals surface area (Å²) in [5.74, 6) is 0. The summed E-state index contributed by atoms with van der Waals surface area (Å²) in [7, 11) is 0. The standard InChI is InChI=1S/C15H26N2/c1-5-14(13-9-7-6-8-10-13)16-11-12-17-15(2,3)4/h6-10,14,16-17H,5,11-12H2,1-4H3. The van der Waals surface area contributed by atoms with Crippen molar-refractivity contribution in [3.8, 4) is 0 Å². The zero-order valence-electron chi connectivity index (χ0n) is 11.6. The first-order chi connectivity index (χ1) is 8.03. The van der Waals surface area contributed by atoms with E-state index in [0.29, 0.717) is 6.04 Å². The first-order valence-corrected chi connectivity index (χ1v) is 6.56. The van der Waals surface area contributed by atoms with Crippen LogP contribution >= 0.6 is 0 Å². The average molecular weight is 234 g/mol. The van der Waals surface area contributed by atoms with E-state index in [0.717, 1.165) is 19.5 Å². The normalized spacial score (nSPS) is 13.6. The Balaban J connectivity index is 2.34. The van der Waals surface area contributed by atoms with Crippen molar-refractivity contribution in [3.05, 3.63) is 35.9 Å². The van der Waals surface area contributed by atoms with E-state index in [4.69, 9.17) is 0 Å². The molecule has 0 spiro atoms. The molecule has 0 aromatic heterocycles. The monoisotopic (exact) mass is 234 g/mol. The second-order valence-corrected chi connectivity index (χ2v) is 5.50. The summed E-state index contributed by atoms with van der Waals surface area (Å²) < 4.78 is 0. The predicted octanol–water partition coefficient (Wildman–Crippen LogP) is 3.12. The summed E-state index contributed by atoms with van der Waals surface area (Å²) in [6.45, 7) is 10.8. The third-order valence-corrected chi connectivity index (χ3v) is 2.78. The molecule has 0 radical (unpaired) electrons. The van der Waals surface area contributed by atoms with Crippen molar-refractivity contribution < 1.29 is 0 Å². The summed E-state index contributed by atoms with van der Waals surface area (Å²) in [4.78, 5) is 0. The van der Waals surface area contributed by atoms with Crippen LogP contribution in [0.5, 0.6) is 0 Å². The molecule has 2 nitrogen and oxygen atoms in total. The Morgan fingerprint density at radius 2 is 1.71 bits per heavy atom. The Hall–Kier alpha value is -0.860. The lowest BCUT2D eigenvalue weighted by molar-refractivity contribution is 0.408. The van der Waals surface area contributed by atoms with Crippen LogP contribution in [-0.2, 0) is 0 Å². The number of nitrogens with one attached hydrogen (secondary N) is 2. The first-order valence-electron chi connectivity index (χ1n) is 6.56.